The quantitative estimate of drug-likeness (QED) is 0.799. The van der Waals surface area contributed by atoms with Crippen molar-refractivity contribution < 1.29 is 9.47 Å². The van der Waals surface area contributed by atoms with E-state index in [0.717, 1.165) is 0 Å². The smallest absolute Gasteiger partial charge is 0.157 e. The summed E-state index contributed by atoms with van der Waals surface area (Å²) in [7, 11) is 0. The minimum Gasteiger partial charge on any atom is -0.482 e. The summed E-state index contributed by atoms with van der Waals surface area (Å²) in [5.41, 5.74) is 6.08. The number of halogens is 2. The number of hydrogen-bond donors (Lipinski definition) is 1. The lowest BCUT2D eigenvalue weighted by atomic mass is 10.3. The zero-order chi connectivity index (χ0) is 10.1. The lowest BCUT2D eigenvalue weighted by molar-refractivity contribution is -0.0795. The predicted molar refractivity (Wildman–Crippen MR) is 56.1 cm³/mol. The Morgan fingerprint density at radius 3 is 2.29 bits per heavy atom. The molecule has 5 heteroatoms. The van der Waals surface area contributed by atoms with Crippen LogP contribution in [0.4, 0.5) is 5.69 Å². The molecular formula is C9H9Cl2NO2. The summed E-state index contributed by atoms with van der Waals surface area (Å²) in [4.78, 5) is 0. The first-order valence-electron chi connectivity index (χ1n) is 4.16. The fourth-order valence-electron chi connectivity index (χ4n) is 1.14. The van der Waals surface area contributed by atoms with Gasteiger partial charge in [-0.2, -0.15) is 0 Å². The molecule has 0 unspecified atom stereocenters. The van der Waals surface area contributed by atoms with Gasteiger partial charge in [-0.05, 0) is 12.1 Å². The van der Waals surface area contributed by atoms with E-state index in [0.29, 0.717) is 34.7 Å². The summed E-state index contributed by atoms with van der Waals surface area (Å²) in [6.45, 7) is 1.16. The third kappa shape index (κ3) is 1.90. The second kappa shape index (κ2) is 3.85. The summed E-state index contributed by atoms with van der Waals surface area (Å²) in [6, 6.07) is 3.23. The second-order valence-corrected chi connectivity index (χ2v) is 3.91. The van der Waals surface area contributed by atoms with Gasteiger partial charge in [-0.3, -0.25) is 0 Å². The molecule has 1 aliphatic heterocycles. The van der Waals surface area contributed by atoms with Gasteiger partial charge in [0.15, 0.2) is 5.75 Å². The van der Waals surface area contributed by atoms with Gasteiger partial charge in [0.05, 0.1) is 23.3 Å². The summed E-state index contributed by atoms with van der Waals surface area (Å²) < 4.78 is 10.5. The van der Waals surface area contributed by atoms with Gasteiger partial charge < -0.3 is 15.2 Å². The number of nitrogens with two attached hydrogens (primary N) is 1. The molecule has 1 aromatic rings. The molecule has 1 heterocycles. The van der Waals surface area contributed by atoms with Crippen LogP contribution in [-0.4, -0.2) is 19.3 Å². The van der Waals surface area contributed by atoms with Gasteiger partial charge in [0.2, 0.25) is 0 Å². The molecule has 1 saturated heterocycles. The third-order valence-corrected chi connectivity index (χ3v) is 2.47. The minimum absolute atomic E-state index is 0.0497. The first-order valence-corrected chi connectivity index (χ1v) is 4.91. The van der Waals surface area contributed by atoms with E-state index in [1.54, 1.807) is 12.1 Å². The fourth-order valence-corrected chi connectivity index (χ4v) is 1.73. The third-order valence-electron chi connectivity index (χ3n) is 1.91. The molecule has 0 bridgehead atoms. The van der Waals surface area contributed by atoms with Crippen LogP contribution in [0, 0.1) is 0 Å². The summed E-state index contributed by atoms with van der Waals surface area (Å²) in [6.07, 6.45) is 0.0497. The maximum absolute atomic E-state index is 5.93. The van der Waals surface area contributed by atoms with Crippen LogP contribution in [-0.2, 0) is 4.74 Å². The minimum atomic E-state index is 0.0497. The topological polar surface area (TPSA) is 44.5 Å². The standard InChI is InChI=1S/C9H9Cl2NO2/c10-7-1-5(12)2-8(11)9(7)14-6-3-13-4-6/h1-2,6H,3-4,12H2. The molecule has 3 nitrogen and oxygen atoms in total. The highest BCUT2D eigenvalue weighted by Crippen LogP contribution is 2.36. The van der Waals surface area contributed by atoms with Gasteiger partial charge in [-0.15, -0.1) is 0 Å². The first kappa shape index (κ1) is 9.90. The van der Waals surface area contributed by atoms with Crippen molar-refractivity contribution >= 4 is 28.9 Å². The first-order chi connectivity index (χ1) is 6.66. The molecule has 0 amide bonds. The van der Waals surface area contributed by atoms with Gasteiger partial charge in [0, 0.05) is 5.69 Å². The predicted octanol–water partition coefficient (Wildman–Crippen LogP) is 2.35. The fraction of sp³-hybridized carbons (Fsp3) is 0.333. The Hall–Kier alpha value is -0.640. The lowest BCUT2D eigenvalue weighted by Crippen LogP contribution is -2.38. The summed E-state index contributed by atoms with van der Waals surface area (Å²) in [5.74, 6) is 0.482. The van der Waals surface area contributed by atoms with Crippen LogP contribution in [0.1, 0.15) is 0 Å². The van der Waals surface area contributed by atoms with E-state index in [4.69, 9.17) is 38.4 Å². The van der Waals surface area contributed by atoms with Crippen molar-refractivity contribution in [1.29, 1.82) is 0 Å². The molecule has 0 spiro atoms. The monoisotopic (exact) mass is 233 g/mol. The molecule has 0 aliphatic carbocycles. The molecule has 76 valence electrons. The zero-order valence-corrected chi connectivity index (χ0v) is 8.81. The molecule has 0 radical (unpaired) electrons. The van der Waals surface area contributed by atoms with E-state index < -0.39 is 0 Å². The Balaban J connectivity index is 2.22. The maximum Gasteiger partial charge on any atom is 0.157 e. The summed E-state index contributed by atoms with van der Waals surface area (Å²) in [5, 5.41) is 0.865. The Kier molecular flexibility index (Phi) is 2.72. The molecule has 2 N–H and O–H groups in total. The SMILES string of the molecule is Nc1cc(Cl)c(OC2COC2)c(Cl)c1. The van der Waals surface area contributed by atoms with Gasteiger partial charge in [0.1, 0.15) is 6.10 Å². The van der Waals surface area contributed by atoms with Crippen molar-refractivity contribution in [3.63, 3.8) is 0 Å². The molecule has 1 fully saturated rings. The Bertz CT molecular complexity index is 330. The highest BCUT2D eigenvalue weighted by atomic mass is 35.5. The van der Waals surface area contributed by atoms with Crippen LogP contribution in [0.3, 0.4) is 0 Å². The number of benzene rings is 1. The van der Waals surface area contributed by atoms with Crippen LogP contribution in [0.15, 0.2) is 12.1 Å². The van der Waals surface area contributed by atoms with E-state index in [1.807, 2.05) is 0 Å². The average Bonchev–Trinajstić information content (AvgIpc) is 1.98. The van der Waals surface area contributed by atoms with E-state index in [-0.39, 0.29) is 6.10 Å². The van der Waals surface area contributed by atoms with Crippen LogP contribution in [0.5, 0.6) is 5.75 Å². The van der Waals surface area contributed by atoms with Crippen LogP contribution in [0.25, 0.3) is 0 Å². The summed E-state index contributed by atoms with van der Waals surface area (Å²) >= 11 is 11.9. The van der Waals surface area contributed by atoms with E-state index in [2.05, 4.69) is 0 Å². The van der Waals surface area contributed by atoms with Gasteiger partial charge in [-0.25, -0.2) is 0 Å². The Morgan fingerprint density at radius 2 is 1.86 bits per heavy atom. The molecular weight excluding hydrogens is 225 g/mol. The highest BCUT2D eigenvalue weighted by Gasteiger charge is 2.22. The van der Waals surface area contributed by atoms with Crippen molar-refractivity contribution in [1.82, 2.24) is 0 Å². The maximum atomic E-state index is 5.93. The van der Waals surface area contributed by atoms with E-state index >= 15 is 0 Å². The highest BCUT2D eigenvalue weighted by molar-refractivity contribution is 6.37. The average molecular weight is 234 g/mol. The normalized spacial score (nSPS) is 16.4. The number of nitrogen functional groups attached to an aromatic ring is 1. The van der Waals surface area contributed by atoms with E-state index in [9.17, 15) is 0 Å². The molecule has 2 rings (SSSR count). The van der Waals surface area contributed by atoms with Crippen LogP contribution in [0.2, 0.25) is 10.0 Å². The molecule has 0 saturated carbocycles. The number of rotatable bonds is 2. The Labute approximate surface area is 91.7 Å². The van der Waals surface area contributed by atoms with E-state index in [1.165, 1.54) is 0 Å². The Morgan fingerprint density at radius 1 is 1.29 bits per heavy atom. The largest absolute Gasteiger partial charge is 0.482 e. The molecule has 14 heavy (non-hydrogen) atoms. The van der Waals surface area contributed by atoms with Gasteiger partial charge in [-0.1, -0.05) is 23.2 Å². The number of ether oxygens (including phenoxy) is 2. The van der Waals surface area contributed by atoms with Crippen LogP contribution >= 0.6 is 23.2 Å². The van der Waals surface area contributed by atoms with Crippen molar-refractivity contribution in [3.8, 4) is 5.75 Å². The molecule has 1 aromatic carbocycles. The van der Waals surface area contributed by atoms with Crippen molar-refractivity contribution in [2.45, 2.75) is 6.10 Å². The van der Waals surface area contributed by atoms with Crippen molar-refractivity contribution in [2.24, 2.45) is 0 Å². The van der Waals surface area contributed by atoms with Gasteiger partial charge in [0.25, 0.3) is 0 Å². The van der Waals surface area contributed by atoms with Gasteiger partial charge >= 0.3 is 0 Å². The van der Waals surface area contributed by atoms with Crippen LogP contribution < -0.4 is 10.5 Å². The lowest BCUT2D eigenvalue weighted by Gasteiger charge is -2.27. The van der Waals surface area contributed by atoms with Crippen molar-refractivity contribution in [3.05, 3.63) is 22.2 Å². The van der Waals surface area contributed by atoms with Crippen molar-refractivity contribution in [2.75, 3.05) is 18.9 Å². The second-order valence-electron chi connectivity index (χ2n) is 3.09. The zero-order valence-electron chi connectivity index (χ0n) is 7.30. The number of anilines is 1. The molecule has 1 aliphatic rings. The number of hydrogen-bond acceptors (Lipinski definition) is 3. The molecule has 0 atom stereocenters. The molecule has 0 aromatic heterocycles.